The standard InChI is InChI=1S/C15H21BrN2/c1-11(2)5-4-6-12(3)18-15-8-13(10-17)7-14(16)9-15/h7-9,11-12,18H,4-6H2,1-3H3. The van der Waals surface area contributed by atoms with E-state index >= 15 is 0 Å². The summed E-state index contributed by atoms with van der Waals surface area (Å²) in [5, 5.41) is 12.4. The molecule has 1 aromatic rings. The van der Waals surface area contributed by atoms with E-state index in [4.69, 9.17) is 5.26 Å². The summed E-state index contributed by atoms with van der Waals surface area (Å²) in [6, 6.07) is 8.34. The summed E-state index contributed by atoms with van der Waals surface area (Å²) in [5.41, 5.74) is 1.69. The minimum Gasteiger partial charge on any atom is -0.383 e. The first kappa shape index (κ1) is 15.0. The molecule has 1 N–H and O–H groups in total. The number of nitriles is 1. The van der Waals surface area contributed by atoms with E-state index in [0.717, 1.165) is 22.5 Å². The highest BCUT2D eigenvalue weighted by Crippen LogP contribution is 2.21. The van der Waals surface area contributed by atoms with Crippen LogP contribution in [-0.2, 0) is 0 Å². The van der Waals surface area contributed by atoms with Gasteiger partial charge in [-0.3, -0.25) is 0 Å². The van der Waals surface area contributed by atoms with Gasteiger partial charge in [-0.25, -0.2) is 0 Å². The van der Waals surface area contributed by atoms with Crippen molar-refractivity contribution in [2.45, 2.75) is 46.1 Å². The SMILES string of the molecule is CC(C)CCCC(C)Nc1cc(Br)cc(C#N)c1. The van der Waals surface area contributed by atoms with E-state index in [9.17, 15) is 0 Å². The highest BCUT2D eigenvalue weighted by atomic mass is 79.9. The molecular weight excluding hydrogens is 288 g/mol. The van der Waals surface area contributed by atoms with Gasteiger partial charge in [0.2, 0.25) is 0 Å². The molecule has 0 bridgehead atoms. The van der Waals surface area contributed by atoms with Gasteiger partial charge in [0.1, 0.15) is 0 Å². The maximum atomic E-state index is 8.92. The maximum absolute atomic E-state index is 8.92. The third kappa shape index (κ3) is 5.55. The van der Waals surface area contributed by atoms with Crippen molar-refractivity contribution in [1.82, 2.24) is 0 Å². The average Bonchev–Trinajstić information content (AvgIpc) is 2.27. The normalized spacial score (nSPS) is 12.2. The van der Waals surface area contributed by atoms with Crippen molar-refractivity contribution in [3.8, 4) is 6.07 Å². The first-order chi connectivity index (χ1) is 8.51. The summed E-state index contributed by atoms with van der Waals surface area (Å²) >= 11 is 3.42. The van der Waals surface area contributed by atoms with Crippen LogP contribution < -0.4 is 5.32 Å². The van der Waals surface area contributed by atoms with Gasteiger partial charge in [-0.2, -0.15) is 5.26 Å². The largest absolute Gasteiger partial charge is 0.383 e. The molecule has 0 heterocycles. The van der Waals surface area contributed by atoms with E-state index in [1.165, 1.54) is 12.8 Å². The molecule has 0 aromatic heterocycles. The zero-order valence-electron chi connectivity index (χ0n) is 11.3. The van der Waals surface area contributed by atoms with Crippen LogP contribution in [0.4, 0.5) is 5.69 Å². The van der Waals surface area contributed by atoms with Gasteiger partial charge < -0.3 is 5.32 Å². The van der Waals surface area contributed by atoms with E-state index in [1.807, 2.05) is 18.2 Å². The second kappa shape index (κ2) is 7.43. The lowest BCUT2D eigenvalue weighted by Gasteiger charge is -2.16. The molecule has 1 atom stereocenters. The minimum absolute atomic E-state index is 0.435. The topological polar surface area (TPSA) is 35.8 Å². The number of anilines is 1. The molecule has 0 fully saturated rings. The number of rotatable bonds is 6. The molecule has 3 heteroatoms. The maximum Gasteiger partial charge on any atom is 0.0992 e. The highest BCUT2D eigenvalue weighted by molar-refractivity contribution is 9.10. The van der Waals surface area contributed by atoms with Crippen molar-refractivity contribution in [2.75, 3.05) is 5.32 Å². The third-order valence-electron chi connectivity index (χ3n) is 2.86. The van der Waals surface area contributed by atoms with Crippen LogP contribution in [0.25, 0.3) is 0 Å². The van der Waals surface area contributed by atoms with Crippen molar-refractivity contribution in [3.05, 3.63) is 28.2 Å². The van der Waals surface area contributed by atoms with E-state index < -0.39 is 0 Å². The van der Waals surface area contributed by atoms with Gasteiger partial charge in [-0.05, 0) is 37.5 Å². The lowest BCUT2D eigenvalue weighted by molar-refractivity contribution is 0.520. The van der Waals surface area contributed by atoms with Crippen LogP contribution in [-0.4, -0.2) is 6.04 Å². The van der Waals surface area contributed by atoms with Crippen LogP contribution in [0, 0.1) is 17.2 Å². The molecule has 0 aliphatic heterocycles. The molecule has 2 nitrogen and oxygen atoms in total. The Labute approximate surface area is 119 Å². The second-order valence-corrected chi connectivity index (χ2v) is 6.13. The fourth-order valence-electron chi connectivity index (χ4n) is 1.93. The predicted molar refractivity (Wildman–Crippen MR) is 80.6 cm³/mol. The molecule has 0 amide bonds. The third-order valence-corrected chi connectivity index (χ3v) is 3.32. The quantitative estimate of drug-likeness (QED) is 0.807. The number of hydrogen-bond donors (Lipinski definition) is 1. The second-order valence-electron chi connectivity index (χ2n) is 5.21. The Hall–Kier alpha value is -1.01. The molecule has 0 radical (unpaired) electrons. The Kier molecular flexibility index (Phi) is 6.21. The number of halogens is 1. The van der Waals surface area contributed by atoms with Crippen LogP contribution in [0.15, 0.2) is 22.7 Å². The van der Waals surface area contributed by atoms with Crippen molar-refractivity contribution >= 4 is 21.6 Å². The van der Waals surface area contributed by atoms with Gasteiger partial charge >= 0.3 is 0 Å². The van der Waals surface area contributed by atoms with Gasteiger partial charge in [0.25, 0.3) is 0 Å². The molecule has 0 saturated carbocycles. The number of benzene rings is 1. The molecule has 0 saturated heterocycles. The molecule has 98 valence electrons. The van der Waals surface area contributed by atoms with Crippen molar-refractivity contribution < 1.29 is 0 Å². The molecule has 0 aliphatic carbocycles. The summed E-state index contributed by atoms with van der Waals surface area (Å²) in [6.07, 6.45) is 3.67. The number of nitrogens with zero attached hydrogens (tertiary/aromatic N) is 1. The van der Waals surface area contributed by atoms with Crippen LogP contribution in [0.3, 0.4) is 0 Å². The number of nitrogens with one attached hydrogen (secondary N) is 1. The van der Waals surface area contributed by atoms with Crippen molar-refractivity contribution in [1.29, 1.82) is 5.26 Å². The summed E-state index contributed by atoms with van der Waals surface area (Å²) in [4.78, 5) is 0. The van der Waals surface area contributed by atoms with Crippen LogP contribution in [0.2, 0.25) is 0 Å². The fourth-order valence-corrected chi connectivity index (χ4v) is 2.42. The summed E-state index contributed by atoms with van der Waals surface area (Å²) in [5.74, 6) is 0.772. The van der Waals surface area contributed by atoms with E-state index in [2.05, 4.69) is 48.1 Å². The highest BCUT2D eigenvalue weighted by Gasteiger charge is 2.05. The number of hydrogen-bond acceptors (Lipinski definition) is 2. The Morgan fingerprint density at radius 1 is 1.22 bits per heavy atom. The van der Waals surface area contributed by atoms with Gasteiger partial charge in [-0.1, -0.05) is 42.6 Å². The Balaban J connectivity index is 2.51. The Morgan fingerprint density at radius 2 is 1.94 bits per heavy atom. The molecule has 0 aliphatic rings. The molecule has 0 spiro atoms. The first-order valence-electron chi connectivity index (χ1n) is 6.48. The van der Waals surface area contributed by atoms with Crippen molar-refractivity contribution in [3.63, 3.8) is 0 Å². The minimum atomic E-state index is 0.435. The Morgan fingerprint density at radius 3 is 2.56 bits per heavy atom. The van der Waals surface area contributed by atoms with Gasteiger partial charge in [0.05, 0.1) is 11.6 Å². The van der Waals surface area contributed by atoms with E-state index in [0.29, 0.717) is 11.6 Å². The van der Waals surface area contributed by atoms with Crippen molar-refractivity contribution in [2.24, 2.45) is 5.92 Å². The van der Waals surface area contributed by atoms with E-state index in [-0.39, 0.29) is 0 Å². The monoisotopic (exact) mass is 308 g/mol. The van der Waals surface area contributed by atoms with Gasteiger partial charge in [0.15, 0.2) is 0 Å². The zero-order valence-corrected chi connectivity index (χ0v) is 12.9. The lowest BCUT2D eigenvalue weighted by Crippen LogP contribution is -2.15. The molecule has 1 aromatic carbocycles. The van der Waals surface area contributed by atoms with E-state index in [1.54, 1.807) is 0 Å². The first-order valence-corrected chi connectivity index (χ1v) is 7.27. The molecule has 1 unspecified atom stereocenters. The zero-order chi connectivity index (χ0) is 13.5. The fraction of sp³-hybridized carbons (Fsp3) is 0.533. The average molecular weight is 309 g/mol. The lowest BCUT2D eigenvalue weighted by atomic mass is 10.0. The predicted octanol–water partition coefficient (Wildman–Crippen LogP) is 4.95. The van der Waals surface area contributed by atoms with Gasteiger partial charge in [-0.15, -0.1) is 0 Å². The smallest absolute Gasteiger partial charge is 0.0992 e. The van der Waals surface area contributed by atoms with Crippen LogP contribution in [0.5, 0.6) is 0 Å². The summed E-state index contributed by atoms with van der Waals surface area (Å²) in [7, 11) is 0. The summed E-state index contributed by atoms with van der Waals surface area (Å²) < 4.78 is 0.943. The summed E-state index contributed by atoms with van der Waals surface area (Å²) in [6.45, 7) is 6.70. The Bertz CT molecular complexity index is 421. The molecule has 18 heavy (non-hydrogen) atoms. The molecular formula is C15H21BrN2. The van der Waals surface area contributed by atoms with Gasteiger partial charge in [0, 0.05) is 16.2 Å². The molecule has 1 rings (SSSR count). The van der Waals surface area contributed by atoms with Crippen LogP contribution in [0.1, 0.15) is 45.6 Å². The van der Waals surface area contributed by atoms with Crippen LogP contribution >= 0.6 is 15.9 Å².